The number of carbonyl (C=O) groups is 2. The van der Waals surface area contributed by atoms with Gasteiger partial charge in [0.25, 0.3) is 5.91 Å². The second-order valence-corrected chi connectivity index (χ2v) is 13.4. The Morgan fingerprint density at radius 1 is 0.940 bits per heavy atom. The second kappa shape index (κ2) is 15.3. The summed E-state index contributed by atoms with van der Waals surface area (Å²) in [6.07, 6.45) is 3.90. The van der Waals surface area contributed by atoms with E-state index in [0.717, 1.165) is 12.1 Å². The van der Waals surface area contributed by atoms with E-state index in [-0.39, 0.29) is 36.9 Å². The fourth-order valence-corrected chi connectivity index (χ4v) is 8.16. The van der Waals surface area contributed by atoms with Gasteiger partial charge < -0.3 is 39.2 Å². The van der Waals surface area contributed by atoms with E-state index >= 15 is 0 Å². The van der Waals surface area contributed by atoms with E-state index in [1.807, 2.05) is 48.2 Å². The Labute approximate surface area is 294 Å². The molecular formula is C40H47N3O7. The van der Waals surface area contributed by atoms with Gasteiger partial charge in [-0.1, -0.05) is 60.7 Å². The summed E-state index contributed by atoms with van der Waals surface area (Å²) >= 11 is 0. The van der Waals surface area contributed by atoms with Gasteiger partial charge in [-0.3, -0.25) is 9.59 Å². The van der Waals surface area contributed by atoms with Crippen LogP contribution in [-0.4, -0.2) is 93.0 Å². The van der Waals surface area contributed by atoms with Crippen LogP contribution >= 0.6 is 0 Å². The predicted octanol–water partition coefficient (Wildman–Crippen LogP) is 4.61. The Morgan fingerprint density at radius 3 is 2.46 bits per heavy atom. The number of carbonyl (C=O) groups excluding carboxylic acids is 2. The summed E-state index contributed by atoms with van der Waals surface area (Å²) in [4.78, 5) is 31.6. The number of piperidine rings is 1. The van der Waals surface area contributed by atoms with Crippen molar-refractivity contribution < 1.29 is 33.6 Å². The molecule has 4 aliphatic rings. The number of hydrogen-bond acceptors (Lipinski definition) is 8. The first kappa shape index (κ1) is 34.2. The maximum atomic E-state index is 14.3. The molecule has 0 saturated carbocycles. The lowest BCUT2D eigenvalue weighted by Gasteiger charge is -2.44. The second-order valence-electron chi connectivity index (χ2n) is 13.4. The van der Waals surface area contributed by atoms with Gasteiger partial charge in [0.15, 0.2) is 5.76 Å². The molecule has 3 aromatic carbocycles. The lowest BCUT2D eigenvalue weighted by molar-refractivity contribution is -0.172. The average molecular weight is 682 g/mol. The molecule has 2 fully saturated rings. The summed E-state index contributed by atoms with van der Waals surface area (Å²) < 4.78 is 24.1. The number of rotatable bonds is 13. The number of nitrogens with one attached hydrogen (secondary N) is 1. The van der Waals surface area contributed by atoms with Crippen LogP contribution in [-0.2, 0) is 35.0 Å². The number of nitrogens with zero attached hydrogens (tertiary/aromatic N) is 2. The number of anilines is 1. The number of aliphatic hydroxyl groups excluding tert-OH is 1. The molecule has 0 bridgehead atoms. The zero-order valence-corrected chi connectivity index (χ0v) is 28.7. The Hall–Kier alpha value is -4.22. The monoisotopic (exact) mass is 681 g/mol. The lowest BCUT2D eigenvalue weighted by atomic mass is 9.78. The highest BCUT2D eigenvalue weighted by Crippen LogP contribution is 2.46. The number of allylic oxidation sites excluding steroid dienone is 1. The molecular weight excluding hydrogens is 634 g/mol. The number of hydrogen-bond donors (Lipinski definition) is 2. The number of fused-ring (bicyclic) bond motifs is 3. The van der Waals surface area contributed by atoms with Crippen molar-refractivity contribution in [3.63, 3.8) is 0 Å². The minimum Gasteiger partial charge on any atom is -0.459 e. The Morgan fingerprint density at radius 2 is 1.68 bits per heavy atom. The van der Waals surface area contributed by atoms with Crippen molar-refractivity contribution in [2.75, 3.05) is 64.3 Å². The highest BCUT2D eigenvalue weighted by Gasteiger charge is 2.51. The minimum atomic E-state index is -0.690. The number of para-hydroxylation sites is 1. The molecule has 7 rings (SSSR count). The number of likely N-dealkylation sites (tertiary alicyclic amines) is 1. The van der Waals surface area contributed by atoms with Crippen LogP contribution in [0, 0.1) is 5.92 Å². The molecule has 2 amide bonds. The van der Waals surface area contributed by atoms with Gasteiger partial charge in [-0.15, -0.1) is 0 Å². The van der Waals surface area contributed by atoms with Crippen LogP contribution in [0.1, 0.15) is 48.8 Å². The van der Waals surface area contributed by atoms with Crippen molar-refractivity contribution in [1.29, 1.82) is 0 Å². The number of amides is 2. The van der Waals surface area contributed by atoms with Gasteiger partial charge in [-0.05, 0) is 78.6 Å². The SMILES string of the molecule is CCO[C@H]1OC(C(=O)N2CCC3(CC2)C(=O)NCN3c2ccccc2)=C[C@@H](c2cccc3c2Cc2ccccc2-3)[C@H]1CCOCCOCCO. The molecule has 3 heterocycles. The zero-order chi connectivity index (χ0) is 34.5. The van der Waals surface area contributed by atoms with Crippen LogP contribution in [0.3, 0.4) is 0 Å². The van der Waals surface area contributed by atoms with E-state index in [1.54, 1.807) is 0 Å². The first-order valence-electron chi connectivity index (χ1n) is 17.9. The molecule has 10 heteroatoms. The molecule has 1 spiro atoms. The zero-order valence-electron chi connectivity index (χ0n) is 28.7. The van der Waals surface area contributed by atoms with E-state index in [0.29, 0.717) is 71.2 Å². The van der Waals surface area contributed by atoms with Crippen LogP contribution in [0.25, 0.3) is 11.1 Å². The minimum absolute atomic E-state index is 0.0157. The molecule has 0 unspecified atom stereocenters. The molecule has 3 aromatic rings. The van der Waals surface area contributed by atoms with Gasteiger partial charge in [-0.25, -0.2) is 0 Å². The summed E-state index contributed by atoms with van der Waals surface area (Å²) in [5, 5.41) is 12.0. The van der Waals surface area contributed by atoms with E-state index in [1.165, 1.54) is 27.8 Å². The number of benzene rings is 3. The molecule has 0 radical (unpaired) electrons. The number of aliphatic hydroxyl groups is 1. The molecule has 2 N–H and O–H groups in total. The normalized spacial score (nSPS) is 22.2. The molecule has 2 saturated heterocycles. The van der Waals surface area contributed by atoms with E-state index in [9.17, 15) is 9.59 Å². The van der Waals surface area contributed by atoms with Gasteiger partial charge in [0.1, 0.15) is 5.54 Å². The van der Waals surface area contributed by atoms with Crippen LogP contribution in [0.5, 0.6) is 0 Å². The van der Waals surface area contributed by atoms with Crippen molar-refractivity contribution >= 4 is 17.5 Å². The molecule has 0 aromatic heterocycles. The van der Waals surface area contributed by atoms with Crippen molar-refractivity contribution in [3.05, 3.63) is 101 Å². The van der Waals surface area contributed by atoms with E-state index < -0.39 is 11.8 Å². The molecule has 50 heavy (non-hydrogen) atoms. The van der Waals surface area contributed by atoms with Gasteiger partial charge >= 0.3 is 0 Å². The summed E-state index contributed by atoms with van der Waals surface area (Å²) in [5.41, 5.74) is 6.54. The van der Waals surface area contributed by atoms with Crippen LogP contribution in [0.15, 0.2) is 84.6 Å². The average Bonchev–Trinajstić information content (AvgIpc) is 3.69. The van der Waals surface area contributed by atoms with Gasteiger partial charge in [0.2, 0.25) is 12.2 Å². The van der Waals surface area contributed by atoms with Gasteiger partial charge in [0.05, 0.1) is 33.1 Å². The fraction of sp³-hybridized carbons (Fsp3) is 0.450. The van der Waals surface area contributed by atoms with Crippen LogP contribution in [0.2, 0.25) is 0 Å². The summed E-state index contributed by atoms with van der Waals surface area (Å²) in [5.74, 6) is -0.120. The standard InChI is InChI=1S/C40H47N3O7/c1-2-49-38-33(15-21-47-23-24-48-22-20-44)35(32-14-8-13-31-30-12-7-6-9-28(30)25-34(31)32)26-36(50-38)37(45)42-18-16-40(17-19-42)39(46)41-27-43(40)29-10-4-3-5-11-29/h3-14,26,33,35,38,44H,2,15-25,27H2,1H3,(H,41,46)/t33-,35+,38+/m1/s1. The number of ether oxygens (including phenoxy) is 4. The molecule has 3 aliphatic heterocycles. The fourth-order valence-electron chi connectivity index (χ4n) is 8.16. The van der Waals surface area contributed by atoms with Crippen molar-refractivity contribution in [3.8, 4) is 11.1 Å². The van der Waals surface area contributed by atoms with E-state index in [2.05, 4.69) is 52.7 Å². The highest BCUT2D eigenvalue weighted by atomic mass is 16.7. The lowest BCUT2D eigenvalue weighted by Crippen LogP contribution is -2.57. The maximum Gasteiger partial charge on any atom is 0.288 e. The molecule has 3 atom stereocenters. The Kier molecular flexibility index (Phi) is 10.5. The molecule has 1 aliphatic carbocycles. The smallest absolute Gasteiger partial charge is 0.288 e. The van der Waals surface area contributed by atoms with Crippen LogP contribution in [0.4, 0.5) is 5.69 Å². The first-order valence-corrected chi connectivity index (χ1v) is 17.9. The maximum absolute atomic E-state index is 14.3. The quantitative estimate of drug-likeness (QED) is 0.197. The first-order chi connectivity index (χ1) is 24.5. The van der Waals surface area contributed by atoms with Crippen LogP contribution < -0.4 is 10.2 Å². The Bertz CT molecular complexity index is 1690. The van der Waals surface area contributed by atoms with Gasteiger partial charge in [-0.2, -0.15) is 0 Å². The van der Waals surface area contributed by atoms with Crippen molar-refractivity contribution in [2.24, 2.45) is 5.92 Å². The summed E-state index contributed by atoms with van der Waals surface area (Å²) in [7, 11) is 0. The third-order valence-corrected chi connectivity index (χ3v) is 10.7. The third-order valence-electron chi connectivity index (χ3n) is 10.7. The van der Waals surface area contributed by atoms with E-state index in [4.69, 9.17) is 24.1 Å². The topological polar surface area (TPSA) is 110 Å². The molecule has 10 nitrogen and oxygen atoms in total. The molecule has 264 valence electrons. The predicted molar refractivity (Wildman–Crippen MR) is 189 cm³/mol. The highest BCUT2D eigenvalue weighted by molar-refractivity contribution is 5.95. The summed E-state index contributed by atoms with van der Waals surface area (Å²) in [6.45, 7) is 5.26. The van der Waals surface area contributed by atoms with Gasteiger partial charge in [0, 0.05) is 43.8 Å². The Balaban J connectivity index is 1.15. The van der Waals surface area contributed by atoms with Crippen molar-refractivity contribution in [2.45, 2.75) is 50.4 Å². The third kappa shape index (κ3) is 6.65. The summed E-state index contributed by atoms with van der Waals surface area (Å²) in [6, 6.07) is 25.0. The largest absolute Gasteiger partial charge is 0.459 e. The van der Waals surface area contributed by atoms with Crippen molar-refractivity contribution in [1.82, 2.24) is 10.2 Å².